The zero-order valence-corrected chi connectivity index (χ0v) is 12.2. The minimum absolute atomic E-state index is 0.204. The number of tetrazole rings is 1. The topological polar surface area (TPSA) is 80.9 Å². The third-order valence-corrected chi connectivity index (χ3v) is 4.33. The number of nitrogens with zero attached hydrogens (tertiary/aromatic N) is 4. The van der Waals surface area contributed by atoms with Gasteiger partial charge in [0.15, 0.2) is 5.82 Å². The average molecular weight is 337 g/mol. The van der Waals surface area contributed by atoms with Crippen LogP contribution in [-0.4, -0.2) is 31.3 Å². The number of rotatable bonds is 3. The third-order valence-electron chi connectivity index (χ3n) is 3.64. The van der Waals surface area contributed by atoms with E-state index in [2.05, 4.69) is 31.5 Å². The maximum absolute atomic E-state index is 11.2. The molecule has 0 bridgehead atoms. The van der Waals surface area contributed by atoms with Gasteiger partial charge in [-0.15, -0.1) is 5.10 Å². The van der Waals surface area contributed by atoms with Crippen molar-refractivity contribution in [1.82, 2.24) is 20.2 Å². The van der Waals surface area contributed by atoms with E-state index < -0.39 is 5.97 Å². The summed E-state index contributed by atoms with van der Waals surface area (Å²) in [5.41, 5.74) is 0.882. The zero-order valence-electron chi connectivity index (χ0n) is 10.7. The van der Waals surface area contributed by atoms with Crippen molar-refractivity contribution in [3.63, 3.8) is 0 Å². The van der Waals surface area contributed by atoms with Crippen LogP contribution in [-0.2, 0) is 0 Å². The number of benzene rings is 1. The molecule has 7 heteroatoms. The monoisotopic (exact) mass is 336 g/mol. The van der Waals surface area contributed by atoms with Crippen molar-refractivity contribution in [2.75, 3.05) is 0 Å². The number of carboxylic acids is 1. The average Bonchev–Trinajstić information content (AvgIpc) is 3.09. The van der Waals surface area contributed by atoms with Crippen molar-refractivity contribution in [3.8, 4) is 5.69 Å². The van der Waals surface area contributed by atoms with Gasteiger partial charge in [-0.25, -0.2) is 4.79 Å². The SMILES string of the molecule is O=C(O)c1cc(-n2nnnc2C2CCCC2)ccc1Br. The lowest BCUT2D eigenvalue weighted by molar-refractivity contribution is 0.0696. The molecule has 1 aliphatic carbocycles. The number of carboxylic acid groups (broad SMARTS) is 1. The van der Waals surface area contributed by atoms with Crippen LogP contribution in [0.3, 0.4) is 0 Å². The minimum atomic E-state index is -0.978. The summed E-state index contributed by atoms with van der Waals surface area (Å²) in [5.74, 6) is 0.206. The van der Waals surface area contributed by atoms with Gasteiger partial charge in [0.05, 0.1) is 11.3 Å². The Bertz CT molecular complexity index is 650. The fourth-order valence-electron chi connectivity index (χ4n) is 2.63. The van der Waals surface area contributed by atoms with E-state index in [1.807, 2.05) is 6.07 Å². The second kappa shape index (κ2) is 5.32. The van der Waals surface area contributed by atoms with Gasteiger partial charge in [-0.3, -0.25) is 0 Å². The Hall–Kier alpha value is -1.76. The molecule has 0 unspecified atom stereocenters. The summed E-state index contributed by atoms with van der Waals surface area (Å²) < 4.78 is 2.19. The molecule has 1 N–H and O–H groups in total. The molecule has 0 saturated heterocycles. The molecule has 0 aliphatic heterocycles. The highest BCUT2D eigenvalue weighted by atomic mass is 79.9. The first-order chi connectivity index (χ1) is 9.66. The summed E-state index contributed by atoms with van der Waals surface area (Å²) in [6, 6.07) is 5.10. The standard InChI is InChI=1S/C13H13BrN4O2/c14-11-6-5-9(7-10(11)13(19)20)18-12(15-16-17-18)8-3-1-2-4-8/h5-8H,1-4H2,(H,19,20). The van der Waals surface area contributed by atoms with Crippen molar-refractivity contribution in [1.29, 1.82) is 0 Å². The number of halogens is 1. The van der Waals surface area contributed by atoms with Gasteiger partial charge < -0.3 is 5.11 Å². The molecule has 20 heavy (non-hydrogen) atoms. The number of aromatic carboxylic acids is 1. The van der Waals surface area contributed by atoms with E-state index in [-0.39, 0.29) is 5.56 Å². The Balaban J connectivity index is 2.03. The van der Waals surface area contributed by atoms with Gasteiger partial charge in [0.25, 0.3) is 0 Å². The van der Waals surface area contributed by atoms with Gasteiger partial charge in [0, 0.05) is 10.4 Å². The lowest BCUT2D eigenvalue weighted by atomic mass is 10.1. The number of aromatic nitrogens is 4. The van der Waals surface area contributed by atoms with E-state index in [0.29, 0.717) is 16.1 Å². The van der Waals surface area contributed by atoms with Gasteiger partial charge in [-0.1, -0.05) is 12.8 Å². The zero-order chi connectivity index (χ0) is 14.1. The number of carbonyl (C=O) groups is 1. The van der Waals surface area contributed by atoms with E-state index in [4.69, 9.17) is 0 Å². The molecule has 0 amide bonds. The summed E-state index contributed by atoms with van der Waals surface area (Å²) in [6.07, 6.45) is 4.56. The molecule has 1 fully saturated rings. The number of hydrogen-bond acceptors (Lipinski definition) is 4. The number of hydrogen-bond donors (Lipinski definition) is 1. The van der Waals surface area contributed by atoms with E-state index in [0.717, 1.165) is 18.7 Å². The molecule has 2 aromatic rings. The smallest absolute Gasteiger partial charge is 0.336 e. The van der Waals surface area contributed by atoms with Crippen LogP contribution in [0.4, 0.5) is 0 Å². The van der Waals surface area contributed by atoms with E-state index in [1.165, 1.54) is 12.8 Å². The van der Waals surface area contributed by atoms with Crippen LogP contribution in [0.15, 0.2) is 22.7 Å². The van der Waals surface area contributed by atoms with Crippen molar-refractivity contribution >= 4 is 21.9 Å². The fraction of sp³-hybridized carbons (Fsp3) is 0.385. The third kappa shape index (κ3) is 2.33. The first-order valence-corrected chi connectivity index (χ1v) is 7.27. The Morgan fingerprint density at radius 2 is 2.10 bits per heavy atom. The molecule has 1 aromatic heterocycles. The van der Waals surface area contributed by atoms with Crippen LogP contribution in [0.5, 0.6) is 0 Å². The molecule has 0 radical (unpaired) electrons. The Morgan fingerprint density at radius 1 is 1.35 bits per heavy atom. The van der Waals surface area contributed by atoms with Crippen molar-refractivity contribution in [2.45, 2.75) is 31.6 Å². The molecule has 6 nitrogen and oxygen atoms in total. The van der Waals surface area contributed by atoms with Gasteiger partial charge >= 0.3 is 5.97 Å². The first-order valence-electron chi connectivity index (χ1n) is 6.48. The lowest BCUT2D eigenvalue weighted by Gasteiger charge is -2.10. The van der Waals surface area contributed by atoms with Crippen LogP contribution in [0.2, 0.25) is 0 Å². The summed E-state index contributed by atoms with van der Waals surface area (Å²) in [6.45, 7) is 0. The molecule has 1 saturated carbocycles. The van der Waals surface area contributed by atoms with E-state index in [1.54, 1.807) is 16.8 Å². The second-order valence-corrected chi connectivity index (χ2v) is 5.75. The normalized spacial score (nSPS) is 15.7. The van der Waals surface area contributed by atoms with Gasteiger partial charge in [-0.05, 0) is 57.4 Å². The van der Waals surface area contributed by atoms with Crippen LogP contribution in [0.1, 0.15) is 47.8 Å². The fourth-order valence-corrected chi connectivity index (χ4v) is 3.04. The quantitative estimate of drug-likeness (QED) is 0.931. The molecule has 104 valence electrons. The van der Waals surface area contributed by atoms with Crippen LogP contribution in [0, 0.1) is 0 Å². The van der Waals surface area contributed by atoms with Gasteiger partial charge in [0.2, 0.25) is 0 Å². The molecule has 0 atom stereocenters. The molecule has 1 aliphatic rings. The maximum Gasteiger partial charge on any atom is 0.336 e. The Kier molecular flexibility index (Phi) is 3.52. The van der Waals surface area contributed by atoms with Crippen LogP contribution >= 0.6 is 15.9 Å². The van der Waals surface area contributed by atoms with Gasteiger partial charge in [-0.2, -0.15) is 4.68 Å². The Morgan fingerprint density at radius 3 is 2.80 bits per heavy atom. The summed E-state index contributed by atoms with van der Waals surface area (Å²) in [7, 11) is 0. The Labute approximate surface area is 123 Å². The van der Waals surface area contributed by atoms with Gasteiger partial charge in [0.1, 0.15) is 0 Å². The van der Waals surface area contributed by atoms with Crippen LogP contribution < -0.4 is 0 Å². The lowest BCUT2D eigenvalue weighted by Crippen LogP contribution is -2.08. The molecular weight excluding hydrogens is 324 g/mol. The summed E-state index contributed by atoms with van der Waals surface area (Å²) in [5, 5.41) is 21.0. The highest BCUT2D eigenvalue weighted by Gasteiger charge is 2.24. The molecule has 3 rings (SSSR count). The largest absolute Gasteiger partial charge is 0.478 e. The van der Waals surface area contributed by atoms with Crippen molar-refractivity contribution in [2.24, 2.45) is 0 Å². The molecular formula is C13H13BrN4O2. The predicted molar refractivity (Wildman–Crippen MR) is 75.0 cm³/mol. The predicted octanol–water partition coefficient (Wildman–Crippen LogP) is 2.78. The van der Waals surface area contributed by atoms with Crippen LogP contribution in [0.25, 0.3) is 5.69 Å². The second-order valence-electron chi connectivity index (χ2n) is 4.90. The molecule has 1 heterocycles. The molecule has 0 spiro atoms. The van der Waals surface area contributed by atoms with E-state index >= 15 is 0 Å². The highest BCUT2D eigenvalue weighted by Crippen LogP contribution is 2.33. The summed E-state index contributed by atoms with van der Waals surface area (Å²) in [4.78, 5) is 11.2. The minimum Gasteiger partial charge on any atom is -0.478 e. The van der Waals surface area contributed by atoms with Crippen molar-refractivity contribution < 1.29 is 9.90 Å². The summed E-state index contributed by atoms with van der Waals surface area (Å²) >= 11 is 3.24. The molecule has 1 aromatic carbocycles. The first kappa shape index (κ1) is 13.2. The van der Waals surface area contributed by atoms with Crippen molar-refractivity contribution in [3.05, 3.63) is 34.1 Å². The highest BCUT2D eigenvalue weighted by molar-refractivity contribution is 9.10. The van der Waals surface area contributed by atoms with E-state index in [9.17, 15) is 9.90 Å². The maximum atomic E-state index is 11.2.